The highest BCUT2D eigenvalue weighted by molar-refractivity contribution is 5.89. The predicted octanol–water partition coefficient (Wildman–Crippen LogP) is 2.72. The van der Waals surface area contributed by atoms with Crippen molar-refractivity contribution in [3.63, 3.8) is 0 Å². The zero-order valence-corrected chi connectivity index (χ0v) is 13.7. The van der Waals surface area contributed by atoms with Gasteiger partial charge in [-0.1, -0.05) is 19.8 Å². The van der Waals surface area contributed by atoms with Crippen LogP contribution in [0.1, 0.15) is 38.5 Å². The summed E-state index contributed by atoms with van der Waals surface area (Å²) in [6.07, 6.45) is 3.82. The van der Waals surface area contributed by atoms with Gasteiger partial charge in [-0.05, 0) is 37.1 Å². The highest BCUT2D eigenvalue weighted by atomic mass is 16.4. The highest BCUT2D eigenvalue weighted by Crippen LogP contribution is 2.21. The van der Waals surface area contributed by atoms with Crippen molar-refractivity contribution in [1.29, 1.82) is 0 Å². The van der Waals surface area contributed by atoms with Crippen LogP contribution in [0.15, 0.2) is 28.7 Å². The Kier molecular flexibility index (Phi) is 5.10. The number of carbonyl (C=O) groups excluding carboxylic acids is 1. The second kappa shape index (κ2) is 7.44. The third-order valence-corrected chi connectivity index (χ3v) is 4.20. The van der Waals surface area contributed by atoms with E-state index in [0.717, 1.165) is 31.2 Å². The summed E-state index contributed by atoms with van der Waals surface area (Å²) >= 11 is 0. The van der Waals surface area contributed by atoms with E-state index in [2.05, 4.69) is 20.8 Å². The number of nitrogens with zero attached hydrogens (tertiary/aromatic N) is 2. The van der Waals surface area contributed by atoms with E-state index in [9.17, 15) is 9.90 Å². The summed E-state index contributed by atoms with van der Waals surface area (Å²) in [4.78, 5) is 12.0. The van der Waals surface area contributed by atoms with Crippen LogP contribution in [-0.2, 0) is 6.42 Å². The lowest BCUT2D eigenvalue weighted by atomic mass is 9.93. The molecule has 1 aromatic heterocycles. The van der Waals surface area contributed by atoms with Crippen LogP contribution in [0.3, 0.4) is 0 Å². The maximum absolute atomic E-state index is 12.0. The van der Waals surface area contributed by atoms with Gasteiger partial charge in [0.25, 0.3) is 0 Å². The van der Waals surface area contributed by atoms with Gasteiger partial charge < -0.3 is 20.2 Å². The third kappa shape index (κ3) is 3.91. The van der Waals surface area contributed by atoms with Gasteiger partial charge in [0.15, 0.2) is 0 Å². The lowest BCUT2D eigenvalue weighted by molar-refractivity contribution is 0.0955. The summed E-state index contributed by atoms with van der Waals surface area (Å²) in [5, 5.41) is 23.4. The number of aliphatic hydroxyl groups excluding tert-OH is 1. The number of hydrogen-bond donors (Lipinski definition) is 3. The Hall–Kier alpha value is -2.41. The fraction of sp³-hybridized carbons (Fsp3) is 0.471. The molecule has 1 fully saturated rings. The number of hydrogen-bond acceptors (Lipinski definition) is 5. The van der Waals surface area contributed by atoms with Crippen molar-refractivity contribution in [3.8, 4) is 11.5 Å². The van der Waals surface area contributed by atoms with Gasteiger partial charge in [0.05, 0.1) is 12.1 Å². The van der Waals surface area contributed by atoms with Gasteiger partial charge in [-0.3, -0.25) is 0 Å². The van der Waals surface area contributed by atoms with E-state index in [4.69, 9.17) is 4.42 Å². The van der Waals surface area contributed by atoms with Crippen molar-refractivity contribution < 1.29 is 14.3 Å². The number of aryl methyl sites for hydroxylation is 1. The first-order chi connectivity index (χ1) is 11.7. The molecule has 7 nitrogen and oxygen atoms in total. The normalized spacial score (nSPS) is 20.6. The van der Waals surface area contributed by atoms with Crippen LogP contribution < -0.4 is 10.6 Å². The van der Waals surface area contributed by atoms with Gasteiger partial charge in [0.2, 0.25) is 11.8 Å². The van der Waals surface area contributed by atoms with E-state index in [-0.39, 0.29) is 12.1 Å². The number of anilines is 1. The predicted molar refractivity (Wildman–Crippen MR) is 89.5 cm³/mol. The molecule has 24 heavy (non-hydrogen) atoms. The Balaban J connectivity index is 1.58. The van der Waals surface area contributed by atoms with Crippen LogP contribution in [0.5, 0.6) is 0 Å². The highest BCUT2D eigenvalue weighted by Gasteiger charge is 2.24. The standard InChI is InChI=1S/C17H22N4O3/c1-2-15-20-21-16(24-15)11-7-9-12(10-8-11)18-17(23)19-13-5-3-4-6-14(13)22/h7-10,13-14,22H,2-6H2,1H3,(H2,18,19,23). The number of rotatable bonds is 4. The fourth-order valence-corrected chi connectivity index (χ4v) is 2.82. The average Bonchev–Trinajstić information content (AvgIpc) is 3.07. The first kappa shape index (κ1) is 16.4. The summed E-state index contributed by atoms with van der Waals surface area (Å²) in [5.41, 5.74) is 1.47. The Labute approximate surface area is 140 Å². The molecule has 0 bridgehead atoms. The number of urea groups is 1. The first-order valence-corrected chi connectivity index (χ1v) is 8.34. The molecule has 2 aromatic rings. The number of nitrogens with one attached hydrogen (secondary N) is 2. The maximum atomic E-state index is 12.0. The molecule has 3 rings (SSSR count). The zero-order chi connectivity index (χ0) is 16.9. The first-order valence-electron chi connectivity index (χ1n) is 8.34. The molecule has 2 amide bonds. The molecule has 1 aliphatic rings. The van der Waals surface area contributed by atoms with E-state index in [1.807, 2.05) is 19.1 Å². The Morgan fingerprint density at radius 2 is 2.00 bits per heavy atom. The molecule has 1 aliphatic carbocycles. The minimum absolute atomic E-state index is 0.177. The van der Waals surface area contributed by atoms with Crippen molar-refractivity contribution >= 4 is 11.7 Å². The Morgan fingerprint density at radius 3 is 2.67 bits per heavy atom. The van der Waals surface area contributed by atoms with Gasteiger partial charge in [-0.2, -0.15) is 0 Å². The van der Waals surface area contributed by atoms with Crippen LogP contribution in [-0.4, -0.2) is 33.5 Å². The number of benzene rings is 1. The quantitative estimate of drug-likeness (QED) is 0.800. The maximum Gasteiger partial charge on any atom is 0.319 e. The topological polar surface area (TPSA) is 100 Å². The second-order valence-corrected chi connectivity index (χ2v) is 5.99. The molecule has 2 unspecified atom stereocenters. The van der Waals surface area contributed by atoms with Crippen molar-refractivity contribution in [1.82, 2.24) is 15.5 Å². The lowest BCUT2D eigenvalue weighted by Gasteiger charge is -2.28. The largest absolute Gasteiger partial charge is 0.421 e. The minimum atomic E-state index is -0.461. The second-order valence-electron chi connectivity index (χ2n) is 5.99. The molecule has 0 radical (unpaired) electrons. The molecular formula is C17H22N4O3. The summed E-state index contributed by atoms with van der Waals surface area (Å²) in [6.45, 7) is 1.95. The molecule has 0 spiro atoms. The van der Waals surface area contributed by atoms with E-state index in [1.54, 1.807) is 12.1 Å². The molecular weight excluding hydrogens is 308 g/mol. The van der Waals surface area contributed by atoms with Crippen LogP contribution in [0, 0.1) is 0 Å². The minimum Gasteiger partial charge on any atom is -0.421 e. The summed E-state index contributed by atoms with van der Waals surface area (Å²) < 4.78 is 5.50. The van der Waals surface area contributed by atoms with Gasteiger partial charge in [-0.15, -0.1) is 10.2 Å². The van der Waals surface area contributed by atoms with Crippen molar-refractivity contribution in [2.75, 3.05) is 5.32 Å². The number of amides is 2. The van der Waals surface area contributed by atoms with E-state index in [0.29, 0.717) is 23.9 Å². The molecule has 0 saturated heterocycles. The van der Waals surface area contributed by atoms with Crippen LogP contribution in [0.4, 0.5) is 10.5 Å². The number of aliphatic hydroxyl groups is 1. The molecule has 7 heteroatoms. The van der Waals surface area contributed by atoms with Crippen molar-refractivity contribution in [3.05, 3.63) is 30.2 Å². The lowest BCUT2D eigenvalue weighted by Crippen LogP contribution is -2.46. The Bertz CT molecular complexity index is 683. The zero-order valence-electron chi connectivity index (χ0n) is 13.7. The van der Waals surface area contributed by atoms with Crippen molar-refractivity contribution in [2.24, 2.45) is 0 Å². The third-order valence-electron chi connectivity index (χ3n) is 4.20. The molecule has 1 saturated carbocycles. The summed E-state index contributed by atoms with van der Waals surface area (Å²) in [6, 6.07) is 6.71. The smallest absolute Gasteiger partial charge is 0.319 e. The molecule has 1 aromatic carbocycles. The van der Waals surface area contributed by atoms with Gasteiger partial charge in [0.1, 0.15) is 0 Å². The summed E-state index contributed by atoms with van der Waals surface area (Å²) in [5.74, 6) is 1.06. The molecule has 3 N–H and O–H groups in total. The van der Waals surface area contributed by atoms with Crippen LogP contribution in [0.25, 0.3) is 11.5 Å². The molecule has 2 atom stereocenters. The molecule has 1 heterocycles. The SMILES string of the molecule is CCc1nnc(-c2ccc(NC(=O)NC3CCCCC3O)cc2)o1. The van der Waals surface area contributed by atoms with Crippen molar-refractivity contribution in [2.45, 2.75) is 51.2 Å². The number of carbonyl (C=O) groups is 1. The van der Waals surface area contributed by atoms with E-state index >= 15 is 0 Å². The van der Waals surface area contributed by atoms with Crippen LogP contribution >= 0.6 is 0 Å². The monoisotopic (exact) mass is 330 g/mol. The Morgan fingerprint density at radius 1 is 1.25 bits per heavy atom. The van der Waals surface area contributed by atoms with Gasteiger partial charge in [-0.25, -0.2) is 4.79 Å². The molecule has 128 valence electrons. The number of aromatic nitrogens is 2. The summed E-state index contributed by atoms with van der Waals surface area (Å²) in [7, 11) is 0. The van der Waals surface area contributed by atoms with E-state index in [1.165, 1.54) is 0 Å². The van der Waals surface area contributed by atoms with Gasteiger partial charge in [0, 0.05) is 17.7 Å². The average molecular weight is 330 g/mol. The van der Waals surface area contributed by atoms with Crippen LogP contribution in [0.2, 0.25) is 0 Å². The van der Waals surface area contributed by atoms with Gasteiger partial charge >= 0.3 is 6.03 Å². The molecule has 0 aliphatic heterocycles. The fourth-order valence-electron chi connectivity index (χ4n) is 2.82. The van der Waals surface area contributed by atoms with E-state index < -0.39 is 6.10 Å².